The Hall–Kier alpha value is -1.58. The van der Waals surface area contributed by atoms with Gasteiger partial charge in [-0.1, -0.05) is 0 Å². The zero-order valence-electron chi connectivity index (χ0n) is 14.0. The number of rotatable bonds is 6. The molecule has 1 aliphatic heterocycles. The normalized spacial score (nSPS) is 17.0. The van der Waals surface area contributed by atoms with Crippen molar-refractivity contribution in [1.82, 2.24) is 10.2 Å². The number of ether oxygens (including phenoxy) is 1. The summed E-state index contributed by atoms with van der Waals surface area (Å²) in [6, 6.07) is 7.60. The van der Waals surface area contributed by atoms with E-state index < -0.39 is 0 Å². The third-order valence-electron chi connectivity index (χ3n) is 4.04. The molecule has 0 radical (unpaired) electrons. The third-order valence-corrected chi connectivity index (χ3v) is 4.62. The number of aryl methyl sites for hydroxylation is 1. The third kappa shape index (κ3) is 5.20. The van der Waals surface area contributed by atoms with Crippen LogP contribution in [0.1, 0.15) is 23.3 Å². The fourth-order valence-corrected chi connectivity index (χ4v) is 3.20. The molecule has 1 atom stereocenters. The highest BCUT2D eigenvalue weighted by Gasteiger charge is 2.25. The predicted molar refractivity (Wildman–Crippen MR) is 102 cm³/mol. The van der Waals surface area contributed by atoms with E-state index in [2.05, 4.69) is 32.8 Å². The van der Waals surface area contributed by atoms with Gasteiger partial charge in [0.05, 0.1) is 19.3 Å². The van der Waals surface area contributed by atoms with Crippen molar-refractivity contribution in [1.29, 1.82) is 0 Å². The second kappa shape index (κ2) is 8.68. The minimum atomic E-state index is -0.159. The van der Waals surface area contributed by atoms with Crippen LogP contribution in [0.25, 0.3) is 6.08 Å². The molecular formula is C18H21IN2O4. The molecule has 1 saturated heterocycles. The van der Waals surface area contributed by atoms with E-state index in [-0.39, 0.29) is 11.9 Å². The van der Waals surface area contributed by atoms with E-state index in [1.165, 1.54) is 6.08 Å². The molecule has 2 aromatic heterocycles. The number of furan rings is 2. The summed E-state index contributed by atoms with van der Waals surface area (Å²) in [5.74, 6) is 2.23. The Labute approximate surface area is 160 Å². The smallest absolute Gasteiger partial charge is 0.244 e. The molecule has 7 heteroatoms. The second-order valence-corrected chi connectivity index (χ2v) is 6.90. The molecule has 1 unspecified atom stereocenters. The van der Waals surface area contributed by atoms with Gasteiger partial charge in [-0.2, -0.15) is 0 Å². The maximum absolute atomic E-state index is 12.1. The van der Waals surface area contributed by atoms with Gasteiger partial charge in [0.1, 0.15) is 17.3 Å². The number of halogens is 1. The van der Waals surface area contributed by atoms with Gasteiger partial charge in [0.2, 0.25) is 5.91 Å². The van der Waals surface area contributed by atoms with Crippen molar-refractivity contribution in [2.24, 2.45) is 0 Å². The molecule has 1 N–H and O–H groups in total. The highest BCUT2D eigenvalue weighted by atomic mass is 127. The first kappa shape index (κ1) is 18.2. The minimum absolute atomic E-state index is 0.000453. The average Bonchev–Trinajstić information content (AvgIpc) is 3.23. The number of amides is 1. The fraction of sp³-hybridized carbons (Fsp3) is 0.389. The number of hydrogen-bond donors (Lipinski definition) is 1. The number of nitrogens with one attached hydrogen (secondary N) is 1. The summed E-state index contributed by atoms with van der Waals surface area (Å²) in [6.45, 7) is 5.43. The van der Waals surface area contributed by atoms with Crippen molar-refractivity contribution in [3.8, 4) is 0 Å². The molecule has 0 bridgehead atoms. The van der Waals surface area contributed by atoms with Crippen LogP contribution in [0.5, 0.6) is 0 Å². The molecule has 1 amide bonds. The van der Waals surface area contributed by atoms with E-state index in [1.807, 2.05) is 31.2 Å². The van der Waals surface area contributed by atoms with Crippen LogP contribution in [0.2, 0.25) is 0 Å². The van der Waals surface area contributed by atoms with Crippen molar-refractivity contribution < 1.29 is 18.4 Å². The van der Waals surface area contributed by atoms with Gasteiger partial charge in [-0.05, 0) is 59.9 Å². The molecule has 0 spiro atoms. The molecule has 0 saturated carbocycles. The zero-order valence-corrected chi connectivity index (χ0v) is 16.2. The van der Waals surface area contributed by atoms with E-state index in [4.69, 9.17) is 13.6 Å². The van der Waals surface area contributed by atoms with E-state index in [0.29, 0.717) is 25.5 Å². The molecule has 3 heterocycles. The van der Waals surface area contributed by atoms with Crippen LogP contribution in [0.4, 0.5) is 0 Å². The van der Waals surface area contributed by atoms with Crippen molar-refractivity contribution in [3.63, 3.8) is 0 Å². The molecule has 25 heavy (non-hydrogen) atoms. The predicted octanol–water partition coefficient (Wildman–Crippen LogP) is 2.99. The Morgan fingerprint density at radius 1 is 1.28 bits per heavy atom. The largest absolute Gasteiger partial charge is 0.465 e. The van der Waals surface area contributed by atoms with Gasteiger partial charge in [0.15, 0.2) is 3.77 Å². The van der Waals surface area contributed by atoms with Crippen LogP contribution in [0.15, 0.2) is 39.2 Å². The van der Waals surface area contributed by atoms with Gasteiger partial charge in [0, 0.05) is 25.7 Å². The first-order chi connectivity index (χ1) is 12.1. The van der Waals surface area contributed by atoms with E-state index in [0.717, 1.165) is 28.4 Å². The summed E-state index contributed by atoms with van der Waals surface area (Å²) in [6.07, 6.45) is 3.15. The summed E-state index contributed by atoms with van der Waals surface area (Å²) in [7, 11) is 0. The SMILES string of the molecule is Cc1ccc(C(CNC(=O)/C=C/c2ccc(I)o2)N2CCOCC2)o1. The van der Waals surface area contributed by atoms with Crippen molar-refractivity contribution in [3.05, 3.63) is 51.4 Å². The highest BCUT2D eigenvalue weighted by molar-refractivity contribution is 14.1. The molecule has 3 rings (SSSR count). The Morgan fingerprint density at radius 3 is 2.72 bits per heavy atom. The lowest BCUT2D eigenvalue weighted by Gasteiger charge is -2.33. The van der Waals surface area contributed by atoms with Crippen LogP contribution < -0.4 is 5.32 Å². The van der Waals surface area contributed by atoms with Crippen LogP contribution in [0, 0.1) is 10.7 Å². The Morgan fingerprint density at radius 2 is 2.08 bits per heavy atom. The highest BCUT2D eigenvalue weighted by Crippen LogP contribution is 2.23. The van der Waals surface area contributed by atoms with Gasteiger partial charge < -0.3 is 18.9 Å². The van der Waals surface area contributed by atoms with Crippen LogP contribution >= 0.6 is 22.6 Å². The topological polar surface area (TPSA) is 67.9 Å². The average molecular weight is 456 g/mol. The van der Waals surface area contributed by atoms with E-state index in [1.54, 1.807) is 6.08 Å². The van der Waals surface area contributed by atoms with Gasteiger partial charge in [-0.15, -0.1) is 0 Å². The van der Waals surface area contributed by atoms with Crippen molar-refractivity contribution in [2.45, 2.75) is 13.0 Å². The number of nitrogens with zero attached hydrogens (tertiary/aromatic N) is 1. The summed E-state index contributed by atoms with van der Waals surface area (Å²) < 4.78 is 17.4. The number of carbonyl (C=O) groups excluding carboxylic acids is 1. The number of morpholine rings is 1. The molecule has 2 aromatic rings. The molecule has 1 fully saturated rings. The van der Waals surface area contributed by atoms with Gasteiger partial charge in [-0.25, -0.2) is 0 Å². The van der Waals surface area contributed by atoms with Crippen LogP contribution in [-0.2, 0) is 9.53 Å². The lowest BCUT2D eigenvalue weighted by molar-refractivity contribution is -0.116. The van der Waals surface area contributed by atoms with Crippen LogP contribution in [-0.4, -0.2) is 43.7 Å². The van der Waals surface area contributed by atoms with Gasteiger partial charge in [-0.3, -0.25) is 9.69 Å². The molecule has 0 aliphatic carbocycles. The molecule has 0 aromatic carbocycles. The first-order valence-electron chi connectivity index (χ1n) is 8.21. The molecule has 134 valence electrons. The monoisotopic (exact) mass is 456 g/mol. The lowest BCUT2D eigenvalue weighted by atomic mass is 10.1. The standard InChI is InChI=1S/C18H21IN2O4/c1-13-2-5-16(24-13)15(21-8-10-23-11-9-21)12-20-18(22)7-4-14-3-6-17(19)25-14/h2-7,15H,8-12H2,1H3,(H,20,22)/b7-4+. The summed E-state index contributed by atoms with van der Waals surface area (Å²) >= 11 is 2.09. The summed E-state index contributed by atoms with van der Waals surface area (Å²) in [5.41, 5.74) is 0. The van der Waals surface area contributed by atoms with Crippen LogP contribution in [0.3, 0.4) is 0 Å². The maximum Gasteiger partial charge on any atom is 0.244 e. The number of carbonyl (C=O) groups is 1. The summed E-state index contributed by atoms with van der Waals surface area (Å²) in [4.78, 5) is 14.4. The fourth-order valence-electron chi connectivity index (χ4n) is 2.76. The minimum Gasteiger partial charge on any atom is -0.465 e. The zero-order chi connectivity index (χ0) is 17.6. The Balaban J connectivity index is 1.61. The quantitative estimate of drug-likeness (QED) is 0.535. The van der Waals surface area contributed by atoms with Gasteiger partial charge >= 0.3 is 0 Å². The summed E-state index contributed by atoms with van der Waals surface area (Å²) in [5, 5.41) is 2.95. The van der Waals surface area contributed by atoms with E-state index in [9.17, 15) is 4.79 Å². The molecule has 1 aliphatic rings. The number of hydrogen-bond acceptors (Lipinski definition) is 5. The molecule has 6 nitrogen and oxygen atoms in total. The van der Waals surface area contributed by atoms with E-state index >= 15 is 0 Å². The Kier molecular flexibility index (Phi) is 6.33. The lowest BCUT2D eigenvalue weighted by Crippen LogP contribution is -2.43. The first-order valence-corrected chi connectivity index (χ1v) is 9.29. The molecular weight excluding hydrogens is 435 g/mol. The van der Waals surface area contributed by atoms with Crippen molar-refractivity contribution >= 4 is 34.6 Å². The van der Waals surface area contributed by atoms with Gasteiger partial charge in [0.25, 0.3) is 0 Å². The maximum atomic E-state index is 12.1. The Bertz CT molecular complexity index is 731. The van der Waals surface area contributed by atoms with Crippen molar-refractivity contribution in [2.75, 3.05) is 32.8 Å². The second-order valence-electron chi connectivity index (χ2n) is 5.83.